The number of rotatable bonds is 12. The number of Topliss-reactive ketones (excluding diaryl/α,β-unsaturated/α-hetero) is 1. The molecule has 0 aliphatic rings. The molecule has 0 radical (unpaired) electrons. The van der Waals surface area contributed by atoms with Crippen molar-refractivity contribution < 1.29 is 14.3 Å². The van der Waals surface area contributed by atoms with E-state index in [0.29, 0.717) is 19.4 Å². The molecule has 0 fully saturated rings. The average molecular weight is 441 g/mol. The number of aliphatic hydroxyl groups is 1. The van der Waals surface area contributed by atoms with Gasteiger partial charge in [-0.15, -0.1) is 0 Å². The lowest BCUT2D eigenvalue weighted by molar-refractivity contribution is -0.121. The van der Waals surface area contributed by atoms with Gasteiger partial charge < -0.3 is 9.53 Å². The van der Waals surface area contributed by atoms with E-state index in [1.165, 1.54) is 10.4 Å². The maximum absolute atomic E-state index is 12.3. The Morgan fingerprint density at radius 1 is 0.935 bits per heavy atom. The molecule has 170 valence electrons. The molecule has 0 saturated heterocycles. The summed E-state index contributed by atoms with van der Waals surface area (Å²) in [5.74, 6) is 0.387. The van der Waals surface area contributed by atoms with E-state index in [9.17, 15) is 9.90 Å². The fourth-order valence-corrected chi connectivity index (χ4v) is 9.03. The Balaban J connectivity index is 2.15. The van der Waals surface area contributed by atoms with Crippen LogP contribution in [0.4, 0.5) is 0 Å². The number of ketones is 1. The van der Waals surface area contributed by atoms with Crippen molar-refractivity contribution in [2.75, 3.05) is 6.61 Å². The highest BCUT2D eigenvalue weighted by molar-refractivity contribution is 6.99. The van der Waals surface area contributed by atoms with Gasteiger partial charge in [-0.2, -0.15) is 0 Å². The summed E-state index contributed by atoms with van der Waals surface area (Å²) in [6, 6.07) is 21.3. The van der Waals surface area contributed by atoms with E-state index in [2.05, 4.69) is 88.4 Å². The largest absolute Gasteiger partial charge is 0.407 e. The van der Waals surface area contributed by atoms with Crippen molar-refractivity contribution in [3.05, 3.63) is 60.7 Å². The molecule has 0 aliphatic carbocycles. The van der Waals surface area contributed by atoms with Gasteiger partial charge in [0, 0.05) is 19.4 Å². The molecule has 2 aromatic carbocycles. The van der Waals surface area contributed by atoms with E-state index in [1.54, 1.807) is 0 Å². The summed E-state index contributed by atoms with van der Waals surface area (Å²) >= 11 is 0. The summed E-state index contributed by atoms with van der Waals surface area (Å²) < 4.78 is 6.92. The molecule has 2 aromatic rings. The molecule has 0 aromatic heterocycles. The first-order valence-corrected chi connectivity index (χ1v) is 13.6. The zero-order valence-corrected chi connectivity index (χ0v) is 20.9. The molecule has 2 rings (SSSR count). The summed E-state index contributed by atoms with van der Waals surface area (Å²) in [6.45, 7) is 11.6. The van der Waals surface area contributed by atoms with Crippen LogP contribution in [0.2, 0.25) is 5.04 Å². The van der Waals surface area contributed by atoms with Gasteiger partial charge in [-0.05, 0) is 34.2 Å². The zero-order valence-electron chi connectivity index (χ0n) is 19.9. The van der Waals surface area contributed by atoms with Gasteiger partial charge in [-0.1, -0.05) is 102 Å². The van der Waals surface area contributed by atoms with Crippen LogP contribution in [-0.4, -0.2) is 31.9 Å². The van der Waals surface area contributed by atoms with Crippen molar-refractivity contribution in [2.45, 2.75) is 77.9 Å². The van der Waals surface area contributed by atoms with E-state index in [-0.39, 0.29) is 23.2 Å². The van der Waals surface area contributed by atoms with Crippen LogP contribution < -0.4 is 10.4 Å². The Morgan fingerprint density at radius 2 is 1.45 bits per heavy atom. The summed E-state index contributed by atoms with van der Waals surface area (Å²) in [4.78, 5) is 12.3. The van der Waals surface area contributed by atoms with Gasteiger partial charge in [0.15, 0.2) is 0 Å². The van der Waals surface area contributed by atoms with E-state index < -0.39 is 14.4 Å². The summed E-state index contributed by atoms with van der Waals surface area (Å²) in [5.41, 5.74) is 0. The van der Waals surface area contributed by atoms with Crippen LogP contribution in [0.15, 0.2) is 60.7 Å². The number of carbonyl (C=O) groups excluding carboxylic acids is 1. The van der Waals surface area contributed by atoms with E-state index in [4.69, 9.17) is 4.43 Å². The third kappa shape index (κ3) is 6.86. The van der Waals surface area contributed by atoms with Gasteiger partial charge in [-0.3, -0.25) is 4.79 Å². The predicted molar refractivity (Wildman–Crippen MR) is 133 cm³/mol. The van der Waals surface area contributed by atoms with Crippen LogP contribution in [0.3, 0.4) is 0 Å². The summed E-state index contributed by atoms with van der Waals surface area (Å²) in [7, 11) is -2.52. The maximum atomic E-state index is 12.3. The molecule has 3 nitrogen and oxygen atoms in total. The SMILES string of the molecule is CCC[C@H](O)CC(=O)C[C@H](C)CCO[Si](c1ccccc1)(c1ccccc1)C(C)(C)C. The second-order valence-corrected chi connectivity index (χ2v) is 14.1. The number of aliphatic hydroxyl groups excluding tert-OH is 1. The Morgan fingerprint density at radius 3 is 1.90 bits per heavy atom. The number of hydrogen-bond acceptors (Lipinski definition) is 3. The lowest BCUT2D eigenvalue weighted by Gasteiger charge is -2.43. The van der Waals surface area contributed by atoms with Gasteiger partial charge in [0.05, 0.1) is 6.10 Å². The maximum Gasteiger partial charge on any atom is 0.261 e. The van der Waals surface area contributed by atoms with Crippen LogP contribution in [0.5, 0.6) is 0 Å². The minimum absolute atomic E-state index is 0.0426. The van der Waals surface area contributed by atoms with Crippen LogP contribution in [-0.2, 0) is 9.22 Å². The van der Waals surface area contributed by atoms with E-state index in [0.717, 1.165) is 12.8 Å². The molecule has 1 N–H and O–H groups in total. The minimum Gasteiger partial charge on any atom is -0.407 e. The first-order valence-electron chi connectivity index (χ1n) is 11.7. The zero-order chi connectivity index (χ0) is 22.9. The molecule has 0 heterocycles. The van der Waals surface area contributed by atoms with Gasteiger partial charge in [0.25, 0.3) is 8.32 Å². The highest BCUT2D eigenvalue weighted by Gasteiger charge is 2.50. The van der Waals surface area contributed by atoms with Crippen molar-refractivity contribution >= 4 is 24.5 Å². The van der Waals surface area contributed by atoms with Crippen LogP contribution in [0, 0.1) is 5.92 Å². The second kappa shape index (κ2) is 11.7. The number of benzene rings is 2. The van der Waals surface area contributed by atoms with Crippen LogP contribution in [0.25, 0.3) is 0 Å². The third-order valence-electron chi connectivity index (χ3n) is 6.01. The van der Waals surface area contributed by atoms with Crippen molar-refractivity contribution in [3.8, 4) is 0 Å². The predicted octanol–water partition coefficient (Wildman–Crippen LogP) is 5.10. The fraction of sp³-hybridized carbons (Fsp3) is 0.519. The normalized spacial score (nSPS) is 14.3. The molecular weight excluding hydrogens is 400 g/mol. The van der Waals surface area contributed by atoms with Gasteiger partial charge in [0.1, 0.15) is 5.78 Å². The molecule has 0 bridgehead atoms. The summed E-state index contributed by atoms with van der Waals surface area (Å²) in [5, 5.41) is 12.4. The fourth-order valence-electron chi connectivity index (χ4n) is 4.45. The first-order chi connectivity index (χ1) is 14.7. The molecule has 0 unspecified atom stereocenters. The minimum atomic E-state index is -2.52. The Hall–Kier alpha value is -1.75. The number of carbonyl (C=O) groups is 1. The van der Waals surface area contributed by atoms with Crippen molar-refractivity contribution in [1.82, 2.24) is 0 Å². The lowest BCUT2D eigenvalue weighted by atomic mass is 9.97. The molecule has 0 spiro atoms. The highest BCUT2D eigenvalue weighted by Crippen LogP contribution is 2.37. The van der Waals surface area contributed by atoms with Crippen molar-refractivity contribution in [3.63, 3.8) is 0 Å². The third-order valence-corrected chi connectivity index (χ3v) is 11.0. The first kappa shape index (κ1) is 25.5. The molecule has 0 aliphatic heterocycles. The second-order valence-electron chi connectivity index (χ2n) is 9.79. The highest BCUT2D eigenvalue weighted by atomic mass is 28.4. The lowest BCUT2D eigenvalue weighted by Crippen LogP contribution is -2.66. The molecule has 31 heavy (non-hydrogen) atoms. The molecule has 0 amide bonds. The molecule has 0 saturated carbocycles. The van der Waals surface area contributed by atoms with Crippen molar-refractivity contribution in [1.29, 1.82) is 0 Å². The summed E-state index contributed by atoms with van der Waals surface area (Å²) in [6.07, 6.45) is 2.70. The monoisotopic (exact) mass is 440 g/mol. The van der Waals surface area contributed by atoms with Gasteiger partial charge >= 0.3 is 0 Å². The molecule has 2 atom stereocenters. The quantitative estimate of drug-likeness (QED) is 0.467. The smallest absolute Gasteiger partial charge is 0.261 e. The van der Waals surface area contributed by atoms with E-state index in [1.807, 2.05) is 6.92 Å². The Kier molecular flexibility index (Phi) is 9.67. The van der Waals surface area contributed by atoms with Crippen molar-refractivity contribution in [2.24, 2.45) is 5.92 Å². The van der Waals surface area contributed by atoms with E-state index >= 15 is 0 Å². The molecular formula is C27H40O3Si. The number of hydrogen-bond donors (Lipinski definition) is 1. The van der Waals surface area contributed by atoms with Crippen LogP contribution in [0.1, 0.15) is 66.7 Å². The molecule has 4 heteroatoms. The topological polar surface area (TPSA) is 46.5 Å². The van der Waals surface area contributed by atoms with Gasteiger partial charge in [-0.25, -0.2) is 0 Å². The average Bonchev–Trinajstić information content (AvgIpc) is 2.71. The van der Waals surface area contributed by atoms with Crippen LogP contribution >= 0.6 is 0 Å². The Labute approximate surface area is 190 Å². The standard InChI is InChI=1S/C27H40O3Si/c1-6-13-23(28)21-24(29)20-22(2)18-19-30-31(27(3,4)5,25-14-9-7-10-15-25)26-16-11-8-12-17-26/h7-12,14-17,22-23,28H,6,13,18-21H2,1-5H3/t22-,23+/m1/s1. The Bertz CT molecular complexity index is 744. The van der Waals surface area contributed by atoms with Gasteiger partial charge in [0.2, 0.25) is 0 Å².